The van der Waals surface area contributed by atoms with Crippen molar-refractivity contribution >= 4 is 15.9 Å². The lowest BCUT2D eigenvalue weighted by molar-refractivity contribution is 0.622. The summed E-state index contributed by atoms with van der Waals surface area (Å²) in [5.74, 6) is -0.753. The number of hydrogen-bond donors (Lipinski definition) is 0. The zero-order valence-corrected chi connectivity index (χ0v) is 9.84. The number of halogens is 3. The van der Waals surface area contributed by atoms with Crippen LogP contribution in [0.1, 0.15) is 5.69 Å². The second kappa shape index (κ2) is 4.70. The van der Waals surface area contributed by atoms with Crippen molar-refractivity contribution in [2.24, 2.45) is 0 Å². The summed E-state index contributed by atoms with van der Waals surface area (Å²) < 4.78 is 26.2. The fraction of sp³-hybridized carbons (Fsp3) is 0.0833. The first kappa shape index (κ1) is 11.2. The Labute approximate surface area is 100 Å². The van der Waals surface area contributed by atoms with Crippen LogP contribution < -0.4 is 0 Å². The van der Waals surface area contributed by atoms with Crippen molar-refractivity contribution in [3.8, 4) is 11.3 Å². The Morgan fingerprint density at radius 2 is 1.69 bits per heavy atom. The van der Waals surface area contributed by atoms with E-state index in [1.807, 2.05) is 0 Å². The van der Waals surface area contributed by atoms with Gasteiger partial charge in [-0.05, 0) is 36.4 Å². The van der Waals surface area contributed by atoms with Gasteiger partial charge in [0.2, 0.25) is 0 Å². The molecule has 0 atom stereocenters. The summed E-state index contributed by atoms with van der Waals surface area (Å²) in [6.07, 6.45) is 0. The molecular weight excluding hydrogens is 276 g/mol. The summed E-state index contributed by atoms with van der Waals surface area (Å²) in [6, 6.07) is 8.57. The van der Waals surface area contributed by atoms with Crippen LogP contribution in [-0.4, -0.2) is 4.98 Å². The molecule has 0 aliphatic heterocycles. The van der Waals surface area contributed by atoms with Gasteiger partial charge >= 0.3 is 0 Å². The summed E-state index contributed by atoms with van der Waals surface area (Å²) in [5.41, 5.74) is 1.55. The van der Waals surface area contributed by atoms with E-state index in [9.17, 15) is 8.78 Å². The molecule has 1 heterocycles. The van der Waals surface area contributed by atoms with E-state index in [0.29, 0.717) is 10.9 Å². The van der Waals surface area contributed by atoms with Gasteiger partial charge in [0.05, 0.1) is 5.69 Å². The van der Waals surface area contributed by atoms with Crippen molar-refractivity contribution in [2.45, 2.75) is 5.33 Å². The van der Waals surface area contributed by atoms with Gasteiger partial charge in [-0.1, -0.05) is 15.9 Å². The van der Waals surface area contributed by atoms with Crippen molar-refractivity contribution in [3.63, 3.8) is 0 Å². The maximum Gasteiger partial charge on any atom is 0.149 e. The highest BCUT2D eigenvalue weighted by atomic mass is 79.9. The molecular formula is C12H8BrF2N. The molecule has 4 heteroatoms. The van der Waals surface area contributed by atoms with Crippen LogP contribution in [0.3, 0.4) is 0 Å². The van der Waals surface area contributed by atoms with E-state index in [4.69, 9.17) is 0 Å². The van der Waals surface area contributed by atoms with E-state index in [1.54, 1.807) is 6.07 Å². The van der Waals surface area contributed by atoms with Crippen LogP contribution in [0.5, 0.6) is 0 Å². The molecule has 1 aromatic carbocycles. The van der Waals surface area contributed by atoms with Crippen molar-refractivity contribution < 1.29 is 8.78 Å². The highest BCUT2D eigenvalue weighted by molar-refractivity contribution is 9.08. The Morgan fingerprint density at radius 3 is 2.31 bits per heavy atom. The zero-order chi connectivity index (χ0) is 11.5. The summed E-state index contributed by atoms with van der Waals surface area (Å²) in [5, 5.41) is 0.557. The van der Waals surface area contributed by atoms with Gasteiger partial charge in [-0.15, -0.1) is 0 Å². The van der Waals surface area contributed by atoms with E-state index >= 15 is 0 Å². The normalized spacial score (nSPS) is 10.4. The predicted octanol–water partition coefficient (Wildman–Crippen LogP) is 3.92. The second-order valence-corrected chi connectivity index (χ2v) is 3.83. The predicted molar refractivity (Wildman–Crippen MR) is 62.2 cm³/mol. The molecule has 0 unspecified atom stereocenters. The molecule has 0 saturated heterocycles. The maximum absolute atomic E-state index is 13.5. The zero-order valence-electron chi connectivity index (χ0n) is 8.25. The average Bonchev–Trinajstić information content (AvgIpc) is 2.31. The molecule has 0 fully saturated rings. The third kappa shape index (κ3) is 2.27. The van der Waals surface area contributed by atoms with E-state index in [0.717, 1.165) is 5.69 Å². The topological polar surface area (TPSA) is 12.9 Å². The monoisotopic (exact) mass is 283 g/mol. The van der Waals surface area contributed by atoms with Crippen LogP contribution in [0.15, 0.2) is 36.4 Å². The number of aromatic nitrogens is 1. The largest absolute Gasteiger partial charge is 0.249 e. The van der Waals surface area contributed by atoms with Crippen LogP contribution in [0.25, 0.3) is 11.3 Å². The Hall–Kier alpha value is -1.29. The van der Waals surface area contributed by atoms with Gasteiger partial charge in [0.25, 0.3) is 0 Å². The fourth-order valence-corrected chi connectivity index (χ4v) is 1.68. The molecule has 0 spiro atoms. The number of hydrogen-bond acceptors (Lipinski definition) is 1. The first-order chi connectivity index (χ1) is 7.70. The smallest absolute Gasteiger partial charge is 0.149 e. The SMILES string of the molecule is Fc1ccc(-c2nc(CBr)ccc2F)cc1. The van der Waals surface area contributed by atoms with Crippen molar-refractivity contribution in [1.82, 2.24) is 4.98 Å². The molecule has 1 nitrogen and oxygen atoms in total. The molecule has 0 amide bonds. The Balaban J connectivity index is 2.50. The Morgan fingerprint density at radius 1 is 1.00 bits per heavy atom. The lowest BCUT2D eigenvalue weighted by Gasteiger charge is -2.04. The first-order valence-electron chi connectivity index (χ1n) is 4.68. The molecule has 0 bridgehead atoms. The van der Waals surface area contributed by atoms with Gasteiger partial charge in [0.1, 0.15) is 17.3 Å². The molecule has 16 heavy (non-hydrogen) atoms. The summed E-state index contributed by atoms with van der Waals surface area (Å²) in [6.45, 7) is 0. The summed E-state index contributed by atoms with van der Waals surface area (Å²) in [4.78, 5) is 4.15. The van der Waals surface area contributed by atoms with Crippen LogP contribution in [0.4, 0.5) is 8.78 Å². The summed E-state index contributed by atoms with van der Waals surface area (Å²) >= 11 is 3.26. The van der Waals surface area contributed by atoms with Crippen molar-refractivity contribution in [2.75, 3.05) is 0 Å². The maximum atomic E-state index is 13.5. The number of pyridine rings is 1. The molecule has 0 radical (unpaired) electrons. The van der Waals surface area contributed by atoms with Gasteiger partial charge in [0, 0.05) is 10.9 Å². The minimum Gasteiger partial charge on any atom is -0.249 e. The number of benzene rings is 1. The van der Waals surface area contributed by atoms with Gasteiger partial charge < -0.3 is 0 Å². The molecule has 0 aliphatic rings. The van der Waals surface area contributed by atoms with E-state index in [2.05, 4.69) is 20.9 Å². The van der Waals surface area contributed by atoms with Gasteiger partial charge in [0.15, 0.2) is 0 Å². The fourth-order valence-electron chi connectivity index (χ4n) is 1.37. The minimum atomic E-state index is -0.406. The minimum absolute atomic E-state index is 0.247. The van der Waals surface area contributed by atoms with Gasteiger partial charge in [-0.2, -0.15) is 0 Å². The van der Waals surface area contributed by atoms with Crippen LogP contribution >= 0.6 is 15.9 Å². The summed E-state index contributed by atoms with van der Waals surface area (Å²) in [7, 11) is 0. The van der Waals surface area contributed by atoms with E-state index < -0.39 is 5.82 Å². The van der Waals surface area contributed by atoms with Crippen molar-refractivity contribution in [1.29, 1.82) is 0 Å². The molecule has 0 N–H and O–H groups in total. The van der Waals surface area contributed by atoms with Crippen LogP contribution in [-0.2, 0) is 5.33 Å². The van der Waals surface area contributed by atoms with Gasteiger partial charge in [-0.25, -0.2) is 13.8 Å². The Bertz CT molecular complexity index is 497. The molecule has 82 valence electrons. The average molecular weight is 284 g/mol. The molecule has 2 aromatic rings. The quantitative estimate of drug-likeness (QED) is 0.762. The highest BCUT2D eigenvalue weighted by Gasteiger charge is 2.07. The van der Waals surface area contributed by atoms with Gasteiger partial charge in [-0.3, -0.25) is 0 Å². The number of rotatable bonds is 2. The highest BCUT2D eigenvalue weighted by Crippen LogP contribution is 2.21. The molecule has 1 aromatic heterocycles. The molecule has 0 aliphatic carbocycles. The Kier molecular flexibility index (Phi) is 3.29. The number of nitrogens with zero attached hydrogens (tertiary/aromatic N) is 1. The number of alkyl halides is 1. The lowest BCUT2D eigenvalue weighted by Crippen LogP contribution is -1.93. The first-order valence-corrected chi connectivity index (χ1v) is 5.80. The van der Waals surface area contributed by atoms with E-state index in [1.165, 1.54) is 30.3 Å². The third-order valence-corrected chi connectivity index (χ3v) is 2.73. The molecule has 2 rings (SSSR count). The lowest BCUT2D eigenvalue weighted by atomic mass is 10.1. The third-order valence-electron chi connectivity index (χ3n) is 2.16. The molecule has 0 saturated carbocycles. The van der Waals surface area contributed by atoms with Crippen LogP contribution in [0.2, 0.25) is 0 Å². The van der Waals surface area contributed by atoms with Crippen molar-refractivity contribution in [3.05, 3.63) is 53.7 Å². The second-order valence-electron chi connectivity index (χ2n) is 3.27. The van der Waals surface area contributed by atoms with Crippen LogP contribution in [0, 0.1) is 11.6 Å². The standard InChI is InChI=1S/C12H8BrF2N/c13-7-10-5-6-11(15)12(16-10)8-1-3-9(14)4-2-8/h1-6H,7H2. The van der Waals surface area contributed by atoms with E-state index in [-0.39, 0.29) is 11.5 Å².